The van der Waals surface area contributed by atoms with Crippen molar-refractivity contribution in [3.8, 4) is 0 Å². The van der Waals surface area contributed by atoms with Gasteiger partial charge in [-0.2, -0.15) is 5.10 Å². The molecule has 2 rings (SSSR count). The van der Waals surface area contributed by atoms with E-state index >= 15 is 0 Å². The van der Waals surface area contributed by atoms with Crippen LogP contribution in [0, 0.1) is 0 Å². The zero-order valence-electron chi connectivity index (χ0n) is 16.7. The van der Waals surface area contributed by atoms with Crippen LogP contribution in [0.15, 0.2) is 6.20 Å². The summed E-state index contributed by atoms with van der Waals surface area (Å²) in [5.74, 6) is -0.760. The highest BCUT2D eigenvalue weighted by Gasteiger charge is 2.30. The minimum absolute atomic E-state index is 0.0390. The van der Waals surface area contributed by atoms with E-state index in [1.807, 2.05) is 28.3 Å². The van der Waals surface area contributed by atoms with E-state index in [0.717, 1.165) is 25.0 Å². The van der Waals surface area contributed by atoms with E-state index in [-0.39, 0.29) is 24.0 Å². The Balaban J connectivity index is 2.07. The average Bonchev–Trinajstić information content (AvgIpc) is 3.03. The van der Waals surface area contributed by atoms with E-state index in [9.17, 15) is 9.59 Å². The summed E-state index contributed by atoms with van der Waals surface area (Å²) in [5.41, 5.74) is 1.51. The van der Waals surface area contributed by atoms with Gasteiger partial charge < -0.3 is 10.0 Å². The minimum atomic E-state index is -0.799. The van der Waals surface area contributed by atoms with Gasteiger partial charge in [0.15, 0.2) is 0 Å². The largest absolute Gasteiger partial charge is 0.480 e. The SMILES string of the molecule is CCc1c(C(=O)N2CCC(N(CC)CC(=O)O)CC2)cnn1C(C)(C)C. The number of piperidine rings is 1. The van der Waals surface area contributed by atoms with E-state index < -0.39 is 5.97 Å². The van der Waals surface area contributed by atoms with Crippen molar-refractivity contribution in [3.05, 3.63) is 17.5 Å². The number of rotatable bonds is 6. The second-order valence-corrected chi connectivity index (χ2v) is 7.92. The summed E-state index contributed by atoms with van der Waals surface area (Å²) < 4.78 is 1.94. The summed E-state index contributed by atoms with van der Waals surface area (Å²) in [6, 6.07) is 0.225. The summed E-state index contributed by atoms with van der Waals surface area (Å²) in [5, 5.41) is 13.5. The van der Waals surface area contributed by atoms with Crippen molar-refractivity contribution in [2.45, 2.75) is 65.5 Å². The number of carboxylic acids is 1. The molecule has 0 aliphatic carbocycles. The van der Waals surface area contributed by atoms with Crippen LogP contribution in [-0.2, 0) is 16.8 Å². The molecular formula is C19H32N4O3. The first-order valence-corrected chi connectivity index (χ1v) is 9.51. The Morgan fingerprint density at radius 1 is 1.27 bits per heavy atom. The predicted molar refractivity (Wildman–Crippen MR) is 100 cm³/mol. The number of hydrogen-bond acceptors (Lipinski definition) is 4. The molecule has 0 spiro atoms. The van der Waals surface area contributed by atoms with Crippen LogP contribution in [0.5, 0.6) is 0 Å². The number of likely N-dealkylation sites (tertiary alicyclic amines) is 1. The molecule has 2 heterocycles. The summed E-state index contributed by atoms with van der Waals surface area (Å²) in [4.78, 5) is 27.9. The zero-order chi connectivity index (χ0) is 19.5. The molecule has 26 heavy (non-hydrogen) atoms. The van der Waals surface area contributed by atoms with Crippen LogP contribution in [0.1, 0.15) is 63.5 Å². The molecule has 0 unspecified atom stereocenters. The molecule has 1 N–H and O–H groups in total. The van der Waals surface area contributed by atoms with Crippen LogP contribution in [0.3, 0.4) is 0 Å². The normalized spacial score (nSPS) is 16.3. The third-order valence-corrected chi connectivity index (χ3v) is 5.08. The van der Waals surface area contributed by atoms with Crippen molar-refractivity contribution < 1.29 is 14.7 Å². The van der Waals surface area contributed by atoms with Gasteiger partial charge in [-0.05, 0) is 46.6 Å². The van der Waals surface area contributed by atoms with E-state index in [1.165, 1.54) is 0 Å². The van der Waals surface area contributed by atoms with Crippen molar-refractivity contribution in [2.24, 2.45) is 0 Å². The van der Waals surface area contributed by atoms with Gasteiger partial charge in [-0.3, -0.25) is 19.2 Å². The molecule has 0 bridgehead atoms. The Hall–Kier alpha value is -1.89. The summed E-state index contributed by atoms with van der Waals surface area (Å²) in [6.07, 6.45) is 4.07. The molecule has 7 nitrogen and oxygen atoms in total. The first-order chi connectivity index (χ1) is 12.2. The number of carbonyl (C=O) groups excluding carboxylic acids is 1. The molecule has 0 aromatic carbocycles. The van der Waals surface area contributed by atoms with Gasteiger partial charge in [0.05, 0.1) is 29.5 Å². The number of likely N-dealkylation sites (N-methyl/N-ethyl adjacent to an activating group) is 1. The number of carbonyl (C=O) groups is 2. The lowest BCUT2D eigenvalue weighted by Crippen LogP contribution is -2.48. The molecule has 1 aromatic heterocycles. The molecule has 1 saturated heterocycles. The van der Waals surface area contributed by atoms with E-state index in [1.54, 1.807) is 6.20 Å². The highest BCUT2D eigenvalue weighted by molar-refractivity contribution is 5.95. The van der Waals surface area contributed by atoms with Gasteiger partial charge in [0.2, 0.25) is 0 Å². The molecule has 1 fully saturated rings. The van der Waals surface area contributed by atoms with Crippen molar-refractivity contribution >= 4 is 11.9 Å². The van der Waals surface area contributed by atoms with Crippen LogP contribution in [-0.4, -0.2) is 68.8 Å². The number of carboxylic acid groups (broad SMARTS) is 1. The Labute approximate surface area is 156 Å². The summed E-state index contributed by atoms with van der Waals surface area (Å²) >= 11 is 0. The van der Waals surface area contributed by atoms with Crippen LogP contribution in [0.25, 0.3) is 0 Å². The molecule has 0 saturated carbocycles. The van der Waals surface area contributed by atoms with E-state index in [0.29, 0.717) is 25.2 Å². The van der Waals surface area contributed by atoms with Gasteiger partial charge in [0.25, 0.3) is 5.91 Å². The maximum atomic E-state index is 13.0. The van der Waals surface area contributed by atoms with Crippen LogP contribution < -0.4 is 0 Å². The van der Waals surface area contributed by atoms with Crippen LogP contribution in [0.2, 0.25) is 0 Å². The van der Waals surface area contributed by atoms with Gasteiger partial charge in [0.1, 0.15) is 0 Å². The summed E-state index contributed by atoms with van der Waals surface area (Å²) in [6.45, 7) is 12.4. The van der Waals surface area contributed by atoms with Crippen molar-refractivity contribution in [2.75, 3.05) is 26.2 Å². The third-order valence-electron chi connectivity index (χ3n) is 5.08. The lowest BCUT2D eigenvalue weighted by molar-refractivity contribution is -0.139. The molecule has 1 aliphatic heterocycles. The number of aromatic nitrogens is 2. The zero-order valence-corrected chi connectivity index (χ0v) is 16.7. The van der Waals surface area contributed by atoms with Gasteiger partial charge >= 0.3 is 5.97 Å². The number of hydrogen-bond donors (Lipinski definition) is 1. The van der Waals surface area contributed by atoms with Crippen molar-refractivity contribution in [3.63, 3.8) is 0 Å². The Bertz CT molecular complexity index is 640. The van der Waals surface area contributed by atoms with Crippen LogP contribution in [0.4, 0.5) is 0 Å². The fourth-order valence-corrected chi connectivity index (χ4v) is 3.75. The Kier molecular flexibility index (Phi) is 6.44. The second kappa shape index (κ2) is 8.20. The molecular weight excluding hydrogens is 332 g/mol. The molecule has 1 aliphatic rings. The topological polar surface area (TPSA) is 78.7 Å². The monoisotopic (exact) mass is 364 g/mol. The number of aliphatic carboxylic acids is 1. The molecule has 0 atom stereocenters. The fraction of sp³-hybridized carbons (Fsp3) is 0.737. The van der Waals surface area contributed by atoms with E-state index in [4.69, 9.17) is 5.11 Å². The molecule has 7 heteroatoms. The van der Waals surface area contributed by atoms with Gasteiger partial charge in [-0.25, -0.2) is 0 Å². The molecule has 1 aromatic rings. The standard InChI is InChI=1S/C19H32N4O3/c1-6-16-15(12-20-23(16)19(3,4)5)18(26)22-10-8-14(9-11-22)21(7-2)13-17(24)25/h12,14H,6-11,13H2,1-5H3,(H,24,25). The smallest absolute Gasteiger partial charge is 0.317 e. The lowest BCUT2D eigenvalue weighted by atomic mass is 10.0. The molecule has 146 valence electrons. The molecule has 1 amide bonds. The second-order valence-electron chi connectivity index (χ2n) is 7.92. The highest BCUT2D eigenvalue weighted by atomic mass is 16.4. The third kappa shape index (κ3) is 4.44. The summed E-state index contributed by atoms with van der Waals surface area (Å²) in [7, 11) is 0. The Morgan fingerprint density at radius 3 is 2.35 bits per heavy atom. The lowest BCUT2D eigenvalue weighted by Gasteiger charge is -2.37. The minimum Gasteiger partial charge on any atom is -0.480 e. The van der Waals surface area contributed by atoms with Crippen molar-refractivity contribution in [1.29, 1.82) is 0 Å². The van der Waals surface area contributed by atoms with Crippen LogP contribution >= 0.6 is 0 Å². The average molecular weight is 364 g/mol. The maximum Gasteiger partial charge on any atom is 0.317 e. The van der Waals surface area contributed by atoms with Gasteiger partial charge in [-0.1, -0.05) is 13.8 Å². The van der Waals surface area contributed by atoms with Gasteiger partial charge in [0, 0.05) is 19.1 Å². The Morgan fingerprint density at radius 2 is 1.88 bits per heavy atom. The predicted octanol–water partition coefficient (Wildman–Crippen LogP) is 2.21. The highest BCUT2D eigenvalue weighted by Crippen LogP contribution is 2.23. The quantitative estimate of drug-likeness (QED) is 0.837. The van der Waals surface area contributed by atoms with Gasteiger partial charge in [-0.15, -0.1) is 0 Å². The first kappa shape index (κ1) is 20.4. The van der Waals surface area contributed by atoms with Crippen molar-refractivity contribution in [1.82, 2.24) is 19.6 Å². The maximum absolute atomic E-state index is 13.0. The first-order valence-electron chi connectivity index (χ1n) is 9.51. The number of nitrogens with zero attached hydrogens (tertiary/aromatic N) is 4. The molecule has 0 radical (unpaired) electrons. The number of amides is 1. The van der Waals surface area contributed by atoms with E-state index in [2.05, 4.69) is 25.9 Å². The fourth-order valence-electron chi connectivity index (χ4n) is 3.75.